The Morgan fingerprint density at radius 2 is 1.89 bits per heavy atom. The molecule has 2 aromatic heterocycles. The maximum atomic E-state index is 13.2. The topological polar surface area (TPSA) is 108 Å². The van der Waals surface area contributed by atoms with Crippen molar-refractivity contribution in [3.63, 3.8) is 0 Å². The van der Waals surface area contributed by atoms with Gasteiger partial charge in [-0.2, -0.15) is 0 Å². The highest BCUT2D eigenvalue weighted by Crippen LogP contribution is 2.30. The Bertz CT molecular complexity index is 1360. The molecule has 1 unspecified atom stereocenters. The molecule has 1 aliphatic carbocycles. The standard InChI is InChI=1S/C29H30N4O3/c34-27(35)12-5-4-10-25-28(19-7-2-1-3-8-19)32-24-14-13-20(17-26(24)31-25)29(36)33-23-11-6-9-21-18-30-16-15-22(21)23/h1-3,7-8,13-18,23,27,34-35H,4-6,9-12H2,(H,33,36). The number of carbonyl (C=O) groups excluding carboxylic acids is 1. The van der Waals surface area contributed by atoms with Crippen molar-refractivity contribution < 1.29 is 15.0 Å². The molecule has 5 rings (SSSR count). The molecule has 0 radical (unpaired) electrons. The Labute approximate surface area is 210 Å². The van der Waals surface area contributed by atoms with Crippen molar-refractivity contribution in [1.82, 2.24) is 20.3 Å². The van der Waals surface area contributed by atoms with Gasteiger partial charge in [-0.05, 0) is 80.3 Å². The predicted molar refractivity (Wildman–Crippen MR) is 138 cm³/mol. The fraction of sp³-hybridized carbons (Fsp3) is 0.310. The van der Waals surface area contributed by atoms with Crippen LogP contribution in [0.3, 0.4) is 0 Å². The molecule has 184 valence electrons. The van der Waals surface area contributed by atoms with E-state index in [1.807, 2.05) is 54.7 Å². The maximum Gasteiger partial charge on any atom is 0.251 e. The zero-order chi connectivity index (χ0) is 24.9. The van der Waals surface area contributed by atoms with Crippen LogP contribution >= 0.6 is 0 Å². The second-order valence-electron chi connectivity index (χ2n) is 9.31. The molecule has 0 bridgehead atoms. The van der Waals surface area contributed by atoms with E-state index in [4.69, 9.17) is 20.2 Å². The van der Waals surface area contributed by atoms with E-state index >= 15 is 0 Å². The number of aliphatic hydroxyl groups is 2. The molecule has 7 nitrogen and oxygen atoms in total. The number of nitrogens with zero attached hydrogens (tertiary/aromatic N) is 3. The van der Waals surface area contributed by atoms with Gasteiger partial charge in [0.25, 0.3) is 5.91 Å². The van der Waals surface area contributed by atoms with Gasteiger partial charge < -0.3 is 15.5 Å². The minimum Gasteiger partial charge on any atom is -0.368 e. The number of carbonyl (C=O) groups is 1. The number of rotatable bonds is 8. The van der Waals surface area contributed by atoms with Crippen molar-refractivity contribution in [2.75, 3.05) is 0 Å². The smallest absolute Gasteiger partial charge is 0.251 e. The number of aliphatic hydroxyl groups excluding tert-OH is 1. The van der Waals surface area contributed by atoms with Crippen molar-refractivity contribution in [2.24, 2.45) is 0 Å². The Kier molecular flexibility index (Phi) is 7.30. The predicted octanol–water partition coefficient (Wildman–Crippen LogP) is 4.52. The highest BCUT2D eigenvalue weighted by Gasteiger charge is 2.22. The number of amides is 1. The number of pyridine rings is 1. The average Bonchev–Trinajstić information content (AvgIpc) is 2.91. The first-order chi connectivity index (χ1) is 17.6. The summed E-state index contributed by atoms with van der Waals surface area (Å²) in [6.45, 7) is 0. The van der Waals surface area contributed by atoms with E-state index in [2.05, 4.69) is 10.3 Å². The molecule has 1 amide bonds. The van der Waals surface area contributed by atoms with E-state index in [-0.39, 0.29) is 11.9 Å². The highest BCUT2D eigenvalue weighted by atomic mass is 16.5. The first-order valence-corrected chi connectivity index (χ1v) is 12.5. The number of aromatic nitrogens is 3. The SMILES string of the molecule is O=C(NC1CCCc2cnccc21)c1ccc2nc(-c3ccccc3)c(CCCCC(O)O)nc2c1. The van der Waals surface area contributed by atoms with E-state index in [9.17, 15) is 4.79 Å². The Morgan fingerprint density at radius 3 is 2.72 bits per heavy atom. The van der Waals surface area contributed by atoms with Crippen LogP contribution in [0.5, 0.6) is 0 Å². The lowest BCUT2D eigenvalue weighted by atomic mass is 9.89. The molecule has 3 N–H and O–H groups in total. The van der Waals surface area contributed by atoms with E-state index < -0.39 is 6.29 Å². The molecule has 36 heavy (non-hydrogen) atoms. The molecule has 1 aliphatic rings. The van der Waals surface area contributed by atoms with Crippen LogP contribution in [0.4, 0.5) is 0 Å². The van der Waals surface area contributed by atoms with E-state index in [0.29, 0.717) is 30.3 Å². The first kappa shape index (κ1) is 24.0. The summed E-state index contributed by atoms with van der Waals surface area (Å²) in [5.74, 6) is -0.126. The second kappa shape index (κ2) is 10.9. The van der Waals surface area contributed by atoms with E-state index in [0.717, 1.165) is 53.7 Å². The van der Waals surface area contributed by atoms with E-state index in [1.54, 1.807) is 12.3 Å². The van der Waals surface area contributed by atoms with Gasteiger partial charge in [-0.3, -0.25) is 9.78 Å². The third kappa shape index (κ3) is 5.42. The molecule has 0 spiro atoms. The second-order valence-corrected chi connectivity index (χ2v) is 9.31. The summed E-state index contributed by atoms with van der Waals surface area (Å²) in [6, 6.07) is 17.4. The molecule has 2 aromatic carbocycles. The minimum atomic E-state index is -1.30. The van der Waals surface area contributed by atoms with Crippen molar-refractivity contribution in [3.05, 3.63) is 89.4 Å². The zero-order valence-electron chi connectivity index (χ0n) is 20.1. The molecule has 0 saturated heterocycles. The molecule has 2 heterocycles. The number of aryl methyl sites for hydroxylation is 2. The quantitative estimate of drug-likeness (QED) is 0.252. The lowest BCUT2D eigenvalue weighted by molar-refractivity contribution is -0.0465. The Morgan fingerprint density at radius 1 is 1.03 bits per heavy atom. The summed E-state index contributed by atoms with van der Waals surface area (Å²) >= 11 is 0. The van der Waals surface area contributed by atoms with Crippen LogP contribution in [0.2, 0.25) is 0 Å². The number of benzene rings is 2. The molecule has 1 atom stereocenters. The van der Waals surface area contributed by atoms with E-state index in [1.165, 1.54) is 5.56 Å². The Balaban J connectivity index is 1.42. The van der Waals surface area contributed by atoms with Gasteiger partial charge in [0, 0.05) is 23.5 Å². The number of unbranched alkanes of at least 4 members (excludes halogenated alkanes) is 1. The van der Waals surface area contributed by atoms with Crippen molar-refractivity contribution in [2.45, 2.75) is 57.3 Å². The highest BCUT2D eigenvalue weighted by molar-refractivity contribution is 5.97. The Hall–Kier alpha value is -3.68. The fourth-order valence-electron chi connectivity index (χ4n) is 4.88. The van der Waals surface area contributed by atoms with Gasteiger partial charge in [-0.1, -0.05) is 30.3 Å². The number of fused-ring (bicyclic) bond motifs is 2. The van der Waals surface area contributed by atoms with Gasteiger partial charge in [-0.25, -0.2) is 9.97 Å². The molecule has 7 heteroatoms. The van der Waals surface area contributed by atoms with Crippen LogP contribution in [0.25, 0.3) is 22.3 Å². The summed E-state index contributed by atoms with van der Waals surface area (Å²) in [6.07, 6.45) is 7.71. The van der Waals surface area contributed by atoms with Gasteiger partial charge in [0.1, 0.15) is 0 Å². The molecule has 0 saturated carbocycles. The van der Waals surface area contributed by atoms with Crippen molar-refractivity contribution in [3.8, 4) is 11.3 Å². The van der Waals surface area contributed by atoms with Crippen LogP contribution < -0.4 is 5.32 Å². The van der Waals surface area contributed by atoms with Crippen LogP contribution in [0.15, 0.2) is 67.0 Å². The van der Waals surface area contributed by atoms with Gasteiger partial charge in [-0.15, -0.1) is 0 Å². The molecule has 0 aliphatic heterocycles. The normalized spacial score (nSPS) is 15.1. The summed E-state index contributed by atoms with van der Waals surface area (Å²) in [7, 11) is 0. The third-order valence-corrected chi connectivity index (χ3v) is 6.73. The molecule has 4 aromatic rings. The van der Waals surface area contributed by atoms with Crippen molar-refractivity contribution in [1.29, 1.82) is 0 Å². The van der Waals surface area contributed by atoms with Crippen LogP contribution in [0, 0.1) is 0 Å². The largest absolute Gasteiger partial charge is 0.368 e. The van der Waals surface area contributed by atoms with Crippen LogP contribution in [0.1, 0.15) is 65.3 Å². The van der Waals surface area contributed by atoms with Gasteiger partial charge in [0.15, 0.2) is 6.29 Å². The first-order valence-electron chi connectivity index (χ1n) is 12.5. The number of hydrogen-bond donors (Lipinski definition) is 3. The summed E-state index contributed by atoms with van der Waals surface area (Å²) in [5.41, 5.74) is 6.95. The lowest BCUT2D eigenvalue weighted by Crippen LogP contribution is -2.31. The minimum absolute atomic E-state index is 0.0241. The monoisotopic (exact) mass is 482 g/mol. The van der Waals surface area contributed by atoms with Gasteiger partial charge in [0.05, 0.1) is 28.5 Å². The fourth-order valence-corrected chi connectivity index (χ4v) is 4.88. The number of nitrogens with one attached hydrogen (secondary N) is 1. The lowest BCUT2D eigenvalue weighted by Gasteiger charge is -2.26. The van der Waals surface area contributed by atoms with Crippen molar-refractivity contribution >= 4 is 16.9 Å². The summed E-state index contributed by atoms with van der Waals surface area (Å²) < 4.78 is 0. The third-order valence-electron chi connectivity index (χ3n) is 6.73. The van der Waals surface area contributed by atoms with Crippen LogP contribution in [-0.2, 0) is 12.8 Å². The zero-order valence-corrected chi connectivity index (χ0v) is 20.1. The van der Waals surface area contributed by atoms with Crippen LogP contribution in [-0.4, -0.2) is 37.4 Å². The molecular formula is C29H30N4O3. The van der Waals surface area contributed by atoms with Gasteiger partial charge >= 0.3 is 0 Å². The molecular weight excluding hydrogens is 452 g/mol. The summed E-state index contributed by atoms with van der Waals surface area (Å²) in [4.78, 5) is 27.2. The summed E-state index contributed by atoms with van der Waals surface area (Å²) in [5, 5.41) is 21.5. The number of hydrogen-bond acceptors (Lipinski definition) is 6. The van der Waals surface area contributed by atoms with Gasteiger partial charge in [0.2, 0.25) is 0 Å². The molecule has 0 fully saturated rings. The maximum absolute atomic E-state index is 13.2. The average molecular weight is 483 g/mol.